The molecule has 0 amide bonds. The Morgan fingerprint density at radius 3 is 2.43 bits per heavy atom. The summed E-state index contributed by atoms with van der Waals surface area (Å²) in [7, 11) is 0. The third-order valence-corrected chi connectivity index (χ3v) is 3.78. The molecule has 108 valence electrons. The van der Waals surface area contributed by atoms with Crippen LogP contribution in [-0.4, -0.2) is 11.1 Å². The summed E-state index contributed by atoms with van der Waals surface area (Å²) in [5, 5.41) is 8.65. The molecule has 0 aliphatic heterocycles. The van der Waals surface area contributed by atoms with Crippen LogP contribution in [0.5, 0.6) is 0 Å². The standard InChI is InChI=1S/C16H12F2O2S/c17-13-4-6-15(7-5-13)21-10-12-1-3-14(18)9-11(12)2-8-16(19)20/h1-9H,10H2,(H,19,20). The van der Waals surface area contributed by atoms with Crippen LogP contribution in [0, 0.1) is 11.6 Å². The van der Waals surface area contributed by atoms with Crippen molar-refractivity contribution in [1.29, 1.82) is 0 Å². The Morgan fingerprint density at radius 2 is 1.76 bits per heavy atom. The van der Waals surface area contributed by atoms with E-state index in [1.807, 2.05) is 0 Å². The Hall–Kier alpha value is -2.14. The molecule has 1 N–H and O–H groups in total. The van der Waals surface area contributed by atoms with Crippen LogP contribution < -0.4 is 0 Å². The fourth-order valence-electron chi connectivity index (χ4n) is 1.71. The first kappa shape index (κ1) is 15.3. The molecule has 2 nitrogen and oxygen atoms in total. The number of benzene rings is 2. The van der Waals surface area contributed by atoms with Crippen molar-refractivity contribution in [3.05, 3.63) is 71.3 Å². The van der Waals surface area contributed by atoms with Crippen molar-refractivity contribution in [2.75, 3.05) is 0 Å². The smallest absolute Gasteiger partial charge is 0.328 e. The Bertz CT molecular complexity index is 666. The average Bonchev–Trinajstić information content (AvgIpc) is 2.45. The molecule has 0 aliphatic rings. The average molecular weight is 306 g/mol. The van der Waals surface area contributed by atoms with Crippen molar-refractivity contribution in [3.63, 3.8) is 0 Å². The van der Waals surface area contributed by atoms with Gasteiger partial charge in [-0.15, -0.1) is 11.8 Å². The lowest BCUT2D eigenvalue weighted by molar-refractivity contribution is -0.131. The molecule has 0 saturated carbocycles. The van der Waals surface area contributed by atoms with Crippen molar-refractivity contribution in [1.82, 2.24) is 0 Å². The Kier molecular flexibility index (Phi) is 5.11. The molecule has 2 aromatic carbocycles. The molecular weight excluding hydrogens is 294 g/mol. The van der Waals surface area contributed by atoms with Gasteiger partial charge in [0, 0.05) is 16.7 Å². The Labute approximate surface area is 125 Å². The maximum absolute atomic E-state index is 13.2. The maximum Gasteiger partial charge on any atom is 0.328 e. The highest BCUT2D eigenvalue weighted by atomic mass is 32.2. The lowest BCUT2D eigenvalue weighted by atomic mass is 10.1. The second kappa shape index (κ2) is 7.04. The Morgan fingerprint density at radius 1 is 1.10 bits per heavy atom. The molecule has 0 aromatic heterocycles. The molecular formula is C16H12F2O2S. The van der Waals surface area contributed by atoms with Gasteiger partial charge in [-0.1, -0.05) is 6.07 Å². The number of carbonyl (C=O) groups is 1. The van der Waals surface area contributed by atoms with Gasteiger partial charge in [-0.2, -0.15) is 0 Å². The third-order valence-electron chi connectivity index (χ3n) is 2.72. The first-order valence-electron chi connectivity index (χ1n) is 6.12. The number of carboxylic acid groups (broad SMARTS) is 1. The van der Waals surface area contributed by atoms with E-state index >= 15 is 0 Å². The monoisotopic (exact) mass is 306 g/mol. The van der Waals surface area contributed by atoms with Crippen molar-refractivity contribution in [2.24, 2.45) is 0 Å². The number of rotatable bonds is 5. The van der Waals surface area contributed by atoms with Crippen molar-refractivity contribution < 1.29 is 18.7 Å². The summed E-state index contributed by atoms with van der Waals surface area (Å²) in [6, 6.07) is 10.3. The molecule has 0 unspecified atom stereocenters. The highest BCUT2D eigenvalue weighted by Crippen LogP contribution is 2.25. The predicted octanol–water partition coefficient (Wildman–Crippen LogP) is 4.35. The zero-order valence-electron chi connectivity index (χ0n) is 10.9. The highest BCUT2D eigenvalue weighted by Gasteiger charge is 2.04. The summed E-state index contributed by atoms with van der Waals surface area (Å²) < 4.78 is 26.1. The summed E-state index contributed by atoms with van der Waals surface area (Å²) in [5.41, 5.74) is 1.33. The summed E-state index contributed by atoms with van der Waals surface area (Å²) in [4.78, 5) is 11.4. The van der Waals surface area contributed by atoms with Crippen LogP contribution >= 0.6 is 11.8 Å². The number of aliphatic carboxylic acids is 1. The van der Waals surface area contributed by atoms with E-state index in [-0.39, 0.29) is 5.82 Å². The number of carboxylic acids is 1. The van der Waals surface area contributed by atoms with Crippen LogP contribution in [0.3, 0.4) is 0 Å². The van der Waals surface area contributed by atoms with Gasteiger partial charge in [0.2, 0.25) is 0 Å². The molecule has 0 heterocycles. The largest absolute Gasteiger partial charge is 0.478 e. The highest BCUT2D eigenvalue weighted by molar-refractivity contribution is 7.98. The van der Waals surface area contributed by atoms with Gasteiger partial charge in [0.1, 0.15) is 11.6 Å². The third kappa shape index (κ3) is 4.72. The summed E-state index contributed by atoms with van der Waals surface area (Å²) in [6.07, 6.45) is 2.34. The molecule has 0 atom stereocenters. The van der Waals surface area contributed by atoms with Gasteiger partial charge in [-0.05, 0) is 53.6 Å². The predicted molar refractivity (Wildman–Crippen MR) is 79.0 cm³/mol. The SMILES string of the molecule is O=C(O)C=Cc1cc(F)ccc1CSc1ccc(F)cc1. The van der Waals surface area contributed by atoms with Gasteiger partial charge in [0.25, 0.3) is 0 Å². The van der Waals surface area contributed by atoms with Crippen LogP contribution in [-0.2, 0) is 10.5 Å². The fourth-order valence-corrected chi connectivity index (χ4v) is 2.62. The molecule has 0 fully saturated rings. The molecule has 0 spiro atoms. The summed E-state index contributed by atoms with van der Waals surface area (Å²) in [5.74, 6) is -1.27. The first-order chi connectivity index (χ1) is 10.0. The van der Waals surface area contributed by atoms with Crippen LogP contribution in [0.1, 0.15) is 11.1 Å². The molecule has 0 bridgehead atoms. The van der Waals surface area contributed by atoms with Gasteiger partial charge in [-0.3, -0.25) is 0 Å². The molecule has 2 rings (SSSR count). The van der Waals surface area contributed by atoms with Crippen LogP contribution in [0.15, 0.2) is 53.4 Å². The van der Waals surface area contributed by atoms with Gasteiger partial charge < -0.3 is 5.11 Å². The van der Waals surface area contributed by atoms with Crippen LogP contribution in [0.25, 0.3) is 6.08 Å². The maximum atomic E-state index is 13.2. The normalized spacial score (nSPS) is 11.0. The van der Waals surface area contributed by atoms with E-state index in [2.05, 4.69) is 0 Å². The minimum Gasteiger partial charge on any atom is -0.478 e. The number of halogens is 2. The molecule has 0 saturated heterocycles. The fraction of sp³-hybridized carbons (Fsp3) is 0.0625. The van der Waals surface area contributed by atoms with E-state index in [0.29, 0.717) is 11.3 Å². The first-order valence-corrected chi connectivity index (χ1v) is 7.11. The lowest BCUT2D eigenvalue weighted by Crippen LogP contribution is -1.91. The number of thioether (sulfide) groups is 1. The van der Waals surface area contributed by atoms with E-state index in [4.69, 9.17) is 5.11 Å². The number of hydrogen-bond donors (Lipinski definition) is 1. The minimum absolute atomic E-state index is 0.300. The van der Waals surface area contributed by atoms with Crippen molar-refractivity contribution in [3.8, 4) is 0 Å². The van der Waals surface area contributed by atoms with E-state index < -0.39 is 11.8 Å². The quantitative estimate of drug-likeness (QED) is 0.659. The van der Waals surface area contributed by atoms with Crippen molar-refractivity contribution >= 4 is 23.8 Å². The van der Waals surface area contributed by atoms with Gasteiger partial charge >= 0.3 is 5.97 Å². The molecule has 2 aromatic rings. The topological polar surface area (TPSA) is 37.3 Å². The van der Waals surface area contributed by atoms with E-state index in [1.165, 1.54) is 42.1 Å². The number of hydrogen-bond acceptors (Lipinski definition) is 2. The molecule has 5 heteroatoms. The summed E-state index contributed by atoms with van der Waals surface area (Å²) in [6.45, 7) is 0. The zero-order chi connectivity index (χ0) is 15.2. The minimum atomic E-state index is -1.09. The molecule has 0 radical (unpaired) electrons. The van der Waals surface area contributed by atoms with Crippen molar-refractivity contribution in [2.45, 2.75) is 10.6 Å². The molecule has 0 aliphatic carbocycles. The Balaban J connectivity index is 2.15. The molecule has 21 heavy (non-hydrogen) atoms. The van der Waals surface area contributed by atoms with Crippen LogP contribution in [0.4, 0.5) is 8.78 Å². The second-order valence-corrected chi connectivity index (χ2v) is 5.31. The second-order valence-electron chi connectivity index (χ2n) is 4.26. The van der Waals surface area contributed by atoms with Gasteiger partial charge in [0.05, 0.1) is 0 Å². The lowest BCUT2D eigenvalue weighted by Gasteiger charge is -2.06. The zero-order valence-corrected chi connectivity index (χ0v) is 11.7. The summed E-state index contributed by atoms with van der Waals surface area (Å²) >= 11 is 1.47. The van der Waals surface area contributed by atoms with Gasteiger partial charge in [-0.25, -0.2) is 13.6 Å². The van der Waals surface area contributed by atoms with E-state index in [0.717, 1.165) is 16.5 Å². The van der Waals surface area contributed by atoms with Crippen LogP contribution in [0.2, 0.25) is 0 Å². The van der Waals surface area contributed by atoms with E-state index in [9.17, 15) is 13.6 Å². The van der Waals surface area contributed by atoms with E-state index in [1.54, 1.807) is 18.2 Å². The van der Waals surface area contributed by atoms with Gasteiger partial charge in [0.15, 0.2) is 0 Å².